The molecule has 5 N–H and O–H groups in total. The molecule has 6 amide bonds. The number of para-hydroxylation sites is 1. The van der Waals surface area contributed by atoms with Crippen LogP contribution in [0.25, 0.3) is 0 Å². The van der Waals surface area contributed by atoms with Gasteiger partial charge in [-0.2, -0.15) is 4.98 Å². The number of hydrogen-bond acceptors (Lipinski definition) is 14. The van der Waals surface area contributed by atoms with Gasteiger partial charge in [0, 0.05) is 85.5 Å². The number of nitrogens with one attached hydrogen (secondary N) is 5. The quantitative estimate of drug-likeness (QED) is 0.0344. The van der Waals surface area contributed by atoms with Crippen molar-refractivity contribution in [1.29, 1.82) is 0 Å². The Morgan fingerprint density at radius 1 is 0.883 bits per heavy atom. The standard InChI is InChI=1S/C55H65Cl2N10O9P/c1-54(2,76-32-48(69)66-21-19-65(20-22-66)38-13-15-42(45(28-38)73-5)62-52-58-30-41(57)49(64-52)61-43-10-8-9-11-46(43)77(6)7)18-23-75-55(3,4)33-74-39-26-36(56)25-37(27-39)60-53(72)59-29-34-12-14-40-35(24-34)31-67(51(40)71)44-16-17-47(68)63-50(44)70/h8-15,24-28,30,44H,16-23,29,31-33H2,1-7H3,(H2,59,60,72)(H,63,68,70)(H2,58,61,62,64). The van der Waals surface area contributed by atoms with Gasteiger partial charge in [0.15, 0.2) is 5.82 Å². The lowest BCUT2D eigenvalue weighted by molar-refractivity contribution is -0.144. The van der Waals surface area contributed by atoms with Crippen LogP contribution in [0.3, 0.4) is 0 Å². The number of benzene rings is 4. The fourth-order valence-electron chi connectivity index (χ4n) is 9.03. The number of anilines is 6. The Balaban J connectivity index is 0.737. The summed E-state index contributed by atoms with van der Waals surface area (Å²) < 4.78 is 24.3. The Hall–Kier alpha value is -6.76. The maximum Gasteiger partial charge on any atom is 0.319 e. The van der Waals surface area contributed by atoms with E-state index in [4.69, 9.17) is 42.1 Å². The Morgan fingerprint density at radius 2 is 1.66 bits per heavy atom. The molecule has 4 aromatic carbocycles. The van der Waals surface area contributed by atoms with Gasteiger partial charge in [-0.25, -0.2) is 9.78 Å². The summed E-state index contributed by atoms with van der Waals surface area (Å²) in [4.78, 5) is 78.1. The van der Waals surface area contributed by atoms with E-state index >= 15 is 0 Å². The Morgan fingerprint density at radius 3 is 2.42 bits per heavy atom. The van der Waals surface area contributed by atoms with Crippen LogP contribution in [0.4, 0.5) is 39.3 Å². The van der Waals surface area contributed by atoms with Crippen LogP contribution < -0.4 is 46.3 Å². The molecule has 1 atom stereocenters. The van der Waals surface area contributed by atoms with Crippen LogP contribution in [0.15, 0.2) is 85.1 Å². The molecule has 0 spiro atoms. The smallest absolute Gasteiger partial charge is 0.319 e. The SMILES string of the molecule is COc1cc(N2CCN(C(=O)COC(C)(C)CCOC(C)(C)COc3cc(Cl)cc(NC(=O)NCc4ccc5c(c4)CN(C4CCC(=O)NC4=O)C5=O)c3)CC2)ccc1Nc1ncc(Cl)c(Nc2ccccc2P(C)C)n1. The normalized spacial score (nSPS) is 15.8. The van der Waals surface area contributed by atoms with Crippen molar-refractivity contribution in [1.82, 2.24) is 30.4 Å². The molecule has 1 unspecified atom stereocenters. The maximum atomic E-state index is 13.4. The third-order valence-corrected chi connectivity index (χ3v) is 15.2. The summed E-state index contributed by atoms with van der Waals surface area (Å²) in [6, 6.07) is 23.0. The highest BCUT2D eigenvalue weighted by Gasteiger charge is 2.39. The van der Waals surface area contributed by atoms with Crippen LogP contribution in [-0.2, 0) is 36.9 Å². The van der Waals surface area contributed by atoms with Crippen LogP contribution >= 0.6 is 31.1 Å². The second-order valence-corrected chi connectivity index (χ2v) is 23.5. The van der Waals surface area contributed by atoms with Gasteiger partial charge in [-0.1, -0.05) is 61.5 Å². The van der Waals surface area contributed by atoms with Crippen LogP contribution in [0, 0.1) is 0 Å². The summed E-state index contributed by atoms with van der Waals surface area (Å²) in [7, 11) is 1.26. The number of ether oxygens (including phenoxy) is 4. The minimum Gasteiger partial charge on any atom is -0.494 e. The summed E-state index contributed by atoms with van der Waals surface area (Å²) in [5.74, 6) is 0.735. The molecule has 19 nitrogen and oxygen atoms in total. The number of nitrogens with zero attached hydrogens (tertiary/aromatic N) is 5. The van der Waals surface area contributed by atoms with Crippen molar-refractivity contribution < 1.29 is 42.9 Å². The van der Waals surface area contributed by atoms with Crippen molar-refractivity contribution in [2.45, 2.75) is 77.3 Å². The van der Waals surface area contributed by atoms with Crippen LogP contribution in [0.5, 0.6) is 11.5 Å². The number of piperazine rings is 1. The van der Waals surface area contributed by atoms with E-state index in [1.807, 2.05) is 75.1 Å². The highest BCUT2D eigenvalue weighted by atomic mass is 35.5. The molecule has 408 valence electrons. The fourth-order valence-corrected chi connectivity index (χ4v) is 10.4. The van der Waals surface area contributed by atoms with Gasteiger partial charge in [-0.3, -0.25) is 24.5 Å². The number of fused-ring (bicyclic) bond motifs is 1. The zero-order chi connectivity index (χ0) is 55.0. The maximum absolute atomic E-state index is 13.4. The number of piperidine rings is 1. The number of amides is 6. The predicted octanol–water partition coefficient (Wildman–Crippen LogP) is 8.44. The summed E-state index contributed by atoms with van der Waals surface area (Å²) >= 11 is 12.9. The molecule has 0 radical (unpaired) electrons. The van der Waals surface area contributed by atoms with Gasteiger partial charge < -0.3 is 54.9 Å². The largest absolute Gasteiger partial charge is 0.494 e. The molecule has 0 bridgehead atoms. The average Bonchev–Trinajstić information content (AvgIpc) is 3.73. The van der Waals surface area contributed by atoms with E-state index in [2.05, 4.69) is 60.8 Å². The minimum atomic E-state index is -0.715. The van der Waals surface area contributed by atoms with Crippen molar-refractivity contribution in [2.75, 3.05) is 87.3 Å². The van der Waals surface area contributed by atoms with E-state index in [1.165, 1.54) is 10.2 Å². The molecule has 3 aliphatic rings. The van der Waals surface area contributed by atoms with E-state index in [9.17, 15) is 24.0 Å². The number of hydrogen-bond donors (Lipinski definition) is 5. The van der Waals surface area contributed by atoms with Crippen molar-refractivity contribution in [3.8, 4) is 11.5 Å². The molecule has 8 rings (SSSR count). The molecule has 0 saturated carbocycles. The van der Waals surface area contributed by atoms with Gasteiger partial charge in [0.05, 0.1) is 36.8 Å². The Labute approximate surface area is 459 Å². The third-order valence-electron chi connectivity index (χ3n) is 13.4. The molecule has 1 aromatic heterocycles. The van der Waals surface area contributed by atoms with Crippen molar-refractivity contribution >= 4 is 101 Å². The number of carbonyl (C=O) groups is 5. The number of halogens is 2. The fraction of sp³-hybridized carbons (Fsp3) is 0.400. The number of aromatic nitrogens is 2. The van der Waals surface area contributed by atoms with Gasteiger partial charge in [-0.05, 0) is 107 Å². The second-order valence-electron chi connectivity index (χ2n) is 20.4. The first-order valence-electron chi connectivity index (χ1n) is 25.3. The first-order valence-corrected chi connectivity index (χ1v) is 28.3. The molecule has 2 saturated heterocycles. The summed E-state index contributed by atoms with van der Waals surface area (Å²) in [6.45, 7) is 15.3. The first kappa shape index (κ1) is 56.4. The summed E-state index contributed by atoms with van der Waals surface area (Å²) in [6.07, 6.45) is 2.53. The Kier molecular flexibility index (Phi) is 18.1. The molecule has 77 heavy (non-hydrogen) atoms. The van der Waals surface area contributed by atoms with Gasteiger partial charge in [0.1, 0.15) is 35.8 Å². The monoisotopic (exact) mass is 1110 g/mol. The lowest BCUT2D eigenvalue weighted by Gasteiger charge is -2.37. The second kappa shape index (κ2) is 24.7. The summed E-state index contributed by atoms with van der Waals surface area (Å²) in [5.41, 5.74) is 3.64. The molecule has 22 heteroatoms. The summed E-state index contributed by atoms with van der Waals surface area (Å²) in [5, 5.41) is 16.6. The van der Waals surface area contributed by atoms with Gasteiger partial charge in [0.2, 0.25) is 23.7 Å². The average molecular weight is 1110 g/mol. The number of rotatable bonds is 21. The van der Waals surface area contributed by atoms with E-state index in [0.29, 0.717) is 89.5 Å². The number of urea groups is 1. The molecule has 5 aromatic rings. The van der Waals surface area contributed by atoms with Crippen LogP contribution in [-0.4, -0.2) is 133 Å². The predicted molar refractivity (Wildman–Crippen MR) is 300 cm³/mol. The number of carbonyl (C=O) groups excluding carboxylic acids is 5. The molecule has 4 heterocycles. The molecule has 3 aliphatic heterocycles. The third kappa shape index (κ3) is 14.8. The van der Waals surface area contributed by atoms with Gasteiger partial charge in [0.25, 0.3) is 5.91 Å². The molecular formula is C55H65Cl2N10O9P. The van der Waals surface area contributed by atoms with E-state index in [0.717, 1.165) is 22.5 Å². The lowest BCUT2D eigenvalue weighted by atomic mass is 10.0. The van der Waals surface area contributed by atoms with Crippen molar-refractivity contribution in [3.63, 3.8) is 0 Å². The van der Waals surface area contributed by atoms with Crippen molar-refractivity contribution in [3.05, 3.63) is 112 Å². The van der Waals surface area contributed by atoms with E-state index in [-0.39, 0.29) is 64.8 Å². The zero-order valence-electron chi connectivity index (χ0n) is 44.3. The van der Waals surface area contributed by atoms with E-state index in [1.54, 1.807) is 43.6 Å². The zero-order valence-corrected chi connectivity index (χ0v) is 46.7. The van der Waals surface area contributed by atoms with Crippen LogP contribution in [0.2, 0.25) is 10.0 Å². The number of imide groups is 1. The molecular weight excluding hydrogens is 1050 g/mol. The lowest BCUT2D eigenvalue weighted by Crippen LogP contribution is -2.52. The van der Waals surface area contributed by atoms with Crippen molar-refractivity contribution in [2.24, 2.45) is 0 Å². The van der Waals surface area contributed by atoms with Gasteiger partial charge >= 0.3 is 6.03 Å². The van der Waals surface area contributed by atoms with Gasteiger partial charge in [-0.15, -0.1) is 0 Å². The Bertz CT molecular complexity index is 3010. The highest BCUT2D eigenvalue weighted by molar-refractivity contribution is 7.64. The molecule has 0 aliphatic carbocycles. The first-order chi connectivity index (χ1) is 36.7. The van der Waals surface area contributed by atoms with Crippen LogP contribution in [0.1, 0.15) is 68.4 Å². The molecule has 2 fully saturated rings. The topological polar surface area (TPSA) is 218 Å². The minimum absolute atomic E-state index is 0.0604. The number of methoxy groups -OCH3 is 1. The van der Waals surface area contributed by atoms with E-state index < -0.39 is 29.2 Å². The highest BCUT2D eigenvalue weighted by Crippen LogP contribution is 2.35.